The van der Waals surface area contributed by atoms with E-state index in [-0.39, 0.29) is 0 Å². The van der Waals surface area contributed by atoms with Crippen molar-refractivity contribution in [3.8, 4) is 0 Å². The van der Waals surface area contributed by atoms with Gasteiger partial charge in [0.05, 0.1) is 5.69 Å². The summed E-state index contributed by atoms with van der Waals surface area (Å²) in [5.41, 5.74) is 3.63. The van der Waals surface area contributed by atoms with E-state index in [4.69, 9.17) is 0 Å². The Morgan fingerprint density at radius 2 is 1.95 bits per heavy atom. The molecule has 0 atom stereocenters. The average molecular weight is 344 g/mol. The minimum atomic E-state index is 0.806. The zero-order valence-electron chi connectivity index (χ0n) is 12.0. The Hall–Kier alpha value is -1.65. The molecular formula is C17H18BrN3. The maximum atomic E-state index is 4.32. The first-order valence-corrected chi connectivity index (χ1v) is 7.90. The number of halogens is 1. The number of aromatic nitrogens is 2. The zero-order valence-corrected chi connectivity index (χ0v) is 13.6. The Bertz CT molecular complexity index is 734. The lowest BCUT2D eigenvalue weighted by atomic mass is 10.2. The predicted octanol–water partition coefficient (Wildman–Crippen LogP) is 3.90. The summed E-state index contributed by atoms with van der Waals surface area (Å²) < 4.78 is 3.55. The maximum absolute atomic E-state index is 4.32. The van der Waals surface area contributed by atoms with E-state index in [0.29, 0.717) is 0 Å². The highest BCUT2D eigenvalue weighted by molar-refractivity contribution is 9.10. The number of benzene rings is 1. The molecule has 1 aromatic carbocycles. The summed E-state index contributed by atoms with van der Waals surface area (Å²) in [6.07, 6.45) is 1.83. The van der Waals surface area contributed by atoms with Crippen LogP contribution in [0, 0.1) is 6.92 Å². The average Bonchev–Trinajstić information content (AvgIpc) is 2.77. The lowest BCUT2D eigenvalue weighted by Crippen LogP contribution is -2.20. The Morgan fingerprint density at radius 1 is 1.14 bits per heavy atom. The van der Waals surface area contributed by atoms with E-state index < -0.39 is 0 Å². The molecule has 1 N–H and O–H groups in total. The Labute approximate surface area is 133 Å². The van der Waals surface area contributed by atoms with Crippen LogP contribution in [0.3, 0.4) is 0 Å². The van der Waals surface area contributed by atoms with Gasteiger partial charge in [-0.1, -0.05) is 24.3 Å². The van der Waals surface area contributed by atoms with E-state index in [1.807, 2.05) is 24.4 Å². The summed E-state index contributed by atoms with van der Waals surface area (Å²) in [4.78, 5) is 4.32. The fraction of sp³-hybridized carbons (Fsp3) is 0.235. The molecule has 0 spiro atoms. The van der Waals surface area contributed by atoms with E-state index in [1.165, 1.54) is 21.1 Å². The lowest BCUT2D eigenvalue weighted by molar-refractivity contribution is 0.596. The van der Waals surface area contributed by atoms with Gasteiger partial charge in [-0.2, -0.15) is 0 Å². The van der Waals surface area contributed by atoms with Gasteiger partial charge in [0.2, 0.25) is 0 Å². The van der Waals surface area contributed by atoms with Crippen LogP contribution in [-0.2, 0) is 13.1 Å². The predicted molar refractivity (Wildman–Crippen MR) is 90.3 cm³/mol. The van der Waals surface area contributed by atoms with Gasteiger partial charge < -0.3 is 9.88 Å². The third-order valence-electron chi connectivity index (χ3n) is 3.70. The first kappa shape index (κ1) is 14.3. The van der Waals surface area contributed by atoms with Crippen molar-refractivity contribution in [1.29, 1.82) is 0 Å². The SMILES string of the molecule is Cc1c(Br)c2ccccc2n1CCNCc1ccccn1. The molecule has 0 saturated carbocycles. The molecule has 0 radical (unpaired) electrons. The highest BCUT2D eigenvalue weighted by atomic mass is 79.9. The second-order valence-corrected chi connectivity index (χ2v) is 5.86. The van der Waals surface area contributed by atoms with Gasteiger partial charge in [-0.05, 0) is 41.1 Å². The van der Waals surface area contributed by atoms with Gasteiger partial charge in [0.25, 0.3) is 0 Å². The van der Waals surface area contributed by atoms with Gasteiger partial charge in [0.1, 0.15) is 0 Å². The van der Waals surface area contributed by atoms with Crippen LogP contribution in [0.5, 0.6) is 0 Å². The fourth-order valence-electron chi connectivity index (χ4n) is 2.59. The summed E-state index contributed by atoms with van der Waals surface area (Å²) in [5, 5.41) is 4.73. The molecule has 0 aliphatic rings. The largest absolute Gasteiger partial charge is 0.342 e. The first-order valence-electron chi connectivity index (χ1n) is 7.11. The van der Waals surface area contributed by atoms with E-state index in [9.17, 15) is 0 Å². The van der Waals surface area contributed by atoms with Gasteiger partial charge in [-0.25, -0.2) is 0 Å². The van der Waals surface area contributed by atoms with Crippen molar-refractivity contribution in [2.75, 3.05) is 6.54 Å². The van der Waals surface area contributed by atoms with Crippen molar-refractivity contribution in [3.63, 3.8) is 0 Å². The molecule has 0 aliphatic carbocycles. The minimum absolute atomic E-state index is 0.806. The third-order valence-corrected chi connectivity index (χ3v) is 4.70. The second-order valence-electron chi connectivity index (χ2n) is 5.07. The van der Waals surface area contributed by atoms with Gasteiger partial charge in [0, 0.05) is 46.9 Å². The topological polar surface area (TPSA) is 29.9 Å². The van der Waals surface area contributed by atoms with E-state index in [1.54, 1.807) is 0 Å². The Kier molecular flexibility index (Phi) is 4.36. The van der Waals surface area contributed by atoms with Crippen LogP contribution in [0.2, 0.25) is 0 Å². The highest BCUT2D eigenvalue weighted by Gasteiger charge is 2.10. The normalized spacial score (nSPS) is 11.1. The van der Waals surface area contributed by atoms with Crippen molar-refractivity contribution >= 4 is 26.8 Å². The van der Waals surface area contributed by atoms with Crippen LogP contribution in [0.15, 0.2) is 53.1 Å². The second kappa shape index (κ2) is 6.41. The molecule has 0 fully saturated rings. The van der Waals surface area contributed by atoms with Crippen LogP contribution in [0.25, 0.3) is 10.9 Å². The number of nitrogens with one attached hydrogen (secondary N) is 1. The smallest absolute Gasteiger partial charge is 0.0541 e. The zero-order chi connectivity index (χ0) is 14.7. The van der Waals surface area contributed by atoms with E-state index in [0.717, 1.165) is 25.3 Å². The molecule has 108 valence electrons. The lowest BCUT2D eigenvalue weighted by Gasteiger charge is -2.09. The number of fused-ring (bicyclic) bond motifs is 1. The summed E-state index contributed by atoms with van der Waals surface area (Å²) in [6.45, 7) is 4.83. The molecule has 3 rings (SSSR count). The number of hydrogen-bond donors (Lipinski definition) is 1. The number of rotatable bonds is 5. The molecule has 4 heteroatoms. The summed E-state index contributed by atoms with van der Waals surface area (Å²) in [6, 6.07) is 14.5. The van der Waals surface area contributed by atoms with Crippen molar-refractivity contribution in [2.45, 2.75) is 20.0 Å². The number of hydrogen-bond acceptors (Lipinski definition) is 2. The molecule has 2 aromatic heterocycles. The van der Waals surface area contributed by atoms with Crippen LogP contribution in [0.4, 0.5) is 0 Å². The van der Waals surface area contributed by atoms with Crippen LogP contribution < -0.4 is 5.32 Å². The minimum Gasteiger partial charge on any atom is -0.342 e. The molecule has 0 saturated heterocycles. The summed E-state index contributed by atoms with van der Waals surface area (Å²) >= 11 is 3.70. The van der Waals surface area contributed by atoms with Crippen LogP contribution in [-0.4, -0.2) is 16.1 Å². The molecule has 3 aromatic rings. The van der Waals surface area contributed by atoms with E-state index >= 15 is 0 Å². The molecular weight excluding hydrogens is 326 g/mol. The Balaban J connectivity index is 1.67. The molecule has 21 heavy (non-hydrogen) atoms. The van der Waals surface area contributed by atoms with Crippen LogP contribution in [0.1, 0.15) is 11.4 Å². The van der Waals surface area contributed by atoms with Gasteiger partial charge in [0.15, 0.2) is 0 Å². The summed E-state index contributed by atoms with van der Waals surface area (Å²) in [7, 11) is 0. The monoisotopic (exact) mass is 343 g/mol. The molecule has 0 unspecified atom stereocenters. The molecule has 0 amide bonds. The van der Waals surface area contributed by atoms with Gasteiger partial charge in [-0.15, -0.1) is 0 Å². The molecule has 2 heterocycles. The number of nitrogens with zero attached hydrogens (tertiary/aromatic N) is 2. The first-order chi connectivity index (χ1) is 10.3. The number of para-hydroxylation sites is 1. The van der Waals surface area contributed by atoms with Gasteiger partial charge >= 0.3 is 0 Å². The third kappa shape index (κ3) is 3.01. The molecule has 0 aliphatic heterocycles. The number of pyridine rings is 1. The quantitative estimate of drug-likeness (QED) is 0.712. The molecule has 3 nitrogen and oxygen atoms in total. The van der Waals surface area contributed by atoms with Crippen molar-refractivity contribution < 1.29 is 0 Å². The van der Waals surface area contributed by atoms with E-state index in [2.05, 4.69) is 62.0 Å². The van der Waals surface area contributed by atoms with Crippen molar-refractivity contribution in [3.05, 3.63) is 64.5 Å². The maximum Gasteiger partial charge on any atom is 0.0541 e. The van der Waals surface area contributed by atoms with Gasteiger partial charge in [-0.3, -0.25) is 4.98 Å². The van der Waals surface area contributed by atoms with Crippen molar-refractivity contribution in [2.24, 2.45) is 0 Å². The Morgan fingerprint density at radius 3 is 2.76 bits per heavy atom. The van der Waals surface area contributed by atoms with Crippen molar-refractivity contribution in [1.82, 2.24) is 14.9 Å². The summed E-state index contributed by atoms with van der Waals surface area (Å²) in [5.74, 6) is 0. The fourth-order valence-corrected chi connectivity index (χ4v) is 3.14. The highest BCUT2D eigenvalue weighted by Crippen LogP contribution is 2.30. The standard InChI is InChI=1S/C17H18BrN3/c1-13-17(18)15-7-2-3-8-16(15)21(13)11-10-19-12-14-6-4-5-9-20-14/h2-9,19H,10-12H2,1H3. The molecule has 0 bridgehead atoms. The van der Waals surface area contributed by atoms with Crippen LogP contribution >= 0.6 is 15.9 Å².